The Morgan fingerprint density at radius 1 is 1.27 bits per heavy atom. The third-order valence-corrected chi connectivity index (χ3v) is 2.41. The van der Waals surface area contributed by atoms with E-state index >= 15 is 0 Å². The largest absolute Gasteiger partial charge is 0.382 e. The van der Waals surface area contributed by atoms with Crippen LogP contribution in [0.5, 0.6) is 0 Å². The van der Waals surface area contributed by atoms with Crippen LogP contribution in [-0.2, 0) is 4.74 Å². The Morgan fingerprint density at radius 3 is 2.47 bits per heavy atom. The molecule has 0 amide bonds. The molecule has 1 aliphatic heterocycles. The van der Waals surface area contributed by atoms with E-state index in [1.54, 1.807) is 6.07 Å². The molecule has 1 aliphatic rings. The molecule has 0 radical (unpaired) electrons. The Hall–Kier alpha value is -1.36. The third-order valence-electron chi connectivity index (χ3n) is 2.41. The summed E-state index contributed by atoms with van der Waals surface area (Å²) in [7, 11) is 0. The minimum Gasteiger partial charge on any atom is -0.382 e. The van der Waals surface area contributed by atoms with Crippen LogP contribution in [0.15, 0.2) is 12.1 Å². The molecule has 0 aliphatic carbocycles. The van der Waals surface area contributed by atoms with E-state index in [4.69, 9.17) is 10.5 Å². The molecule has 5 heteroatoms. The van der Waals surface area contributed by atoms with Crippen molar-refractivity contribution in [1.82, 2.24) is 10.2 Å². The first-order chi connectivity index (χ1) is 7.15. The maximum Gasteiger partial charge on any atom is 0.151 e. The van der Waals surface area contributed by atoms with Crippen molar-refractivity contribution in [3.63, 3.8) is 0 Å². The molecule has 1 saturated heterocycles. The van der Waals surface area contributed by atoms with Crippen LogP contribution < -0.4 is 10.6 Å². The zero-order valence-corrected chi connectivity index (χ0v) is 9.05. The Balaban J connectivity index is 2.12. The first-order valence-corrected chi connectivity index (χ1v) is 5.15. The zero-order valence-electron chi connectivity index (χ0n) is 9.05. The molecule has 1 aromatic rings. The summed E-state index contributed by atoms with van der Waals surface area (Å²) >= 11 is 0. The SMILES string of the molecule is C[C@H]1CN(c2ccc(N)nn2)C[C@H](C)O1. The van der Waals surface area contributed by atoms with Crippen molar-refractivity contribution in [2.75, 3.05) is 23.7 Å². The van der Waals surface area contributed by atoms with Crippen LogP contribution in [0.1, 0.15) is 13.8 Å². The molecular formula is C10H16N4O. The number of hydrogen-bond acceptors (Lipinski definition) is 5. The highest BCUT2D eigenvalue weighted by Gasteiger charge is 2.23. The van der Waals surface area contributed by atoms with Crippen molar-refractivity contribution < 1.29 is 4.74 Å². The van der Waals surface area contributed by atoms with Crippen LogP contribution in [0.2, 0.25) is 0 Å². The second-order valence-corrected chi connectivity index (χ2v) is 3.98. The minimum absolute atomic E-state index is 0.230. The number of nitrogens with zero attached hydrogens (tertiary/aromatic N) is 3. The van der Waals surface area contributed by atoms with E-state index < -0.39 is 0 Å². The highest BCUT2D eigenvalue weighted by molar-refractivity contribution is 5.41. The smallest absolute Gasteiger partial charge is 0.151 e. The predicted molar refractivity (Wildman–Crippen MR) is 58.7 cm³/mol. The monoisotopic (exact) mass is 208 g/mol. The van der Waals surface area contributed by atoms with E-state index in [1.165, 1.54) is 0 Å². The molecule has 5 nitrogen and oxygen atoms in total. The van der Waals surface area contributed by atoms with Gasteiger partial charge in [0.15, 0.2) is 5.82 Å². The van der Waals surface area contributed by atoms with Gasteiger partial charge < -0.3 is 15.4 Å². The Bertz CT molecular complexity index is 317. The van der Waals surface area contributed by atoms with Gasteiger partial charge in [-0.05, 0) is 26.0 Å². The van der Waals surface area contributed by atoms with Crippen molar-refractivity contribution >= 4 is 11.6 Å². The molecular weight excluding hydrogens is 192 g/mol. The maximum absolute atomic E-state index is 5.65. The lowest BCUT2D eigenvalue weighted by atomic mass is 10.2. The molecule has 1 aromatic heterocycles. The number of nitrogen functional groups attached to an aromatic ring is 1. The molecule has 82 valence electrons. The molecule has 2 rings (SSSR count). The summed E-state index contributed by atoms with van der Waals surface area (Å²) in [6.45, 7) is 5.83. The summed E-state index contributed by atoms with van der Waals surface area (Å²) in [6.07, 6.45) is 0.459. The fourth-order valence-electron chi connectivity index (χ4n) is 1.87. The summed E-state index contributed by atoms with van der Waals surface area (Å²) in [4.78, 5) is 2.17. The number of ether oxygens (including phenoxy) is 1. The van der Waals surface area contributed by atoms with Gasteiger partial charge in [-0.3, -0.25) is 0 Å². The van der Waals surface area contributed by atoms with Gasteiger partial charge in [0, 0.05) is 13.1 Å². The second kappa shape index (κ2) is 4.02. The molecule has 2 N–H and O–H groups in total. The predicted octanol–water partition coefficient (Wildman–Crippen LogP) is 0.672. The van der Waals surface area contributed by atoms with Crippen molar-refractivity contribution in [1.29, 1.82) is 0 Å². The van der Waals surface area contributed by atoms with Crippen molar-refractivity contribution in [2.24, 2.45) is 0 Å². The molecule has 0 unspecified atom stereocenters. The summed E-state index contributed by atoms with van der Waals surface area (Å²) in [6, 6.07) is 3.67. The first-order valence-electron chi connectivity index (χ1n) is 5.15. The van der Waals surface area contributed by atoms with E-state index in [9.17, 15) is 0 Å². The molecule has 0 aromatic carbocycles. The molecule has 15 heavy (non-hydrogen) atoms. The number of nitrogens with two attached hydrogens (primary N) is 1. The van der Waals surface area contributed by atoms with E-state index in [-0.39, 0.29) is 12.2 Å². The lowest BCUT2D eigenvalue weighted by Crippen LogP contribution is -2.45. The van der Waals surface area contributed by atoms with Crippen LogP contribution in [-0.4, -0.2) is 35.5 Å². The van der Waals surface area contributed by atoms with Crippen molar-refractivity contribution in [3.05, 3.63) is 12.1 Å². The zero-order chi connectivity index (χ0) is 10.8. The second-order valence-electron chi connectivity index (χ2n) is 3.98. The quantitative estimate of drug-likeness (QED) is 0.735. The van der Waals surface area contributed by atoms with Gasteiger partial charge in [0.05, 0.1) is 12.2 Å². The number of anilines is 2. The lowest BCUT2D eigenvalue weighted by Gasteiger charge is -2.35. The number of rotatable bonds is 1. The van der Waals surface area contributed by atoms with Crippen LogP contribution in [0.4, 0.5) is 11.6 Å². The maximum atomic E-state index is 5.65. The van der Waals surface area contributed by atoms with Gasteiger partial charge in [-0.2, -0.15) is 0 Å². The number of morpholine rings is 1. The van der Waals surface area contributed by atoms with Gasteiger partial charge >= 0.3 is 0 Å². The van der Waals surface area contributed by atoms with Crippen LogP contribution >= 0.6 is 0 Å². The average molecular weight is 208 g/mol. The standard InChI is InChI=1S/C10H16N4O/c1-7-5-14(6-8(2)15-7)10-4-3-9(11)12-13-10/h3-4,7-8H,5-6H2,1-2H3,(H2,11,12)/t7-,8-/m0/s1. The van der Waals surface area contributed by atoms with Gasteiger partial charge in [0.2, 0.25) is 0 Å². The van der Waals surface area contributed by atoms with E-state index in [0.29, 0.717) is 5.82 Å². The normalized spacial score (nSPS) is 26.7. The number of hydrogen-bond donors (Lipinski definition) is 1. The Labute approximate surface area is 89.2 Å². The molecule has 0 saturated carbocycles. The van der Waals surface area contributed by atoms with Crippen LogP contribution in [0.3, 0.4) is 0 Å². The Kier molecular flexibility index (Phi) is 2.73. The van der Waals surface area contributed by atoms with Crippen LogP contribution in [0.25, 0.3) is 0 Å². The molecule has 0 bridgehead atoms. The van der Waals surface area contributed by atoms with Crippen LogP contribution in [0, 0.1) is 0 Å². The lowest BCUT2D eigenvalue weighted by molar-refractivity contribution is -0.00550. The highest BCUT2D eigenvalue weighted by Crippen LogP contribution is 2.17. The average Bonchev–Trinajstić information content (AvgIpc) is 2.17. The van der Waals surface area contributed by atoms with E-state index in [1.807, 2.05) is 6.07 Å². The third kappa shape index (κ3) is 2.36. The topological polar surface area (TPSA) is 64.3 Å². The molecule has 2 atom stereocenters. The summed E-state index contributed by atoms with van der Waals surface area (Å²) in [5.74, 6) is 1.32. The minimum atomic E-state index is 0.230. The molecule has 1 fully saturated rings. The Morgan fingerprint density at radius 2 is 1.93 bits per heavy atom. The summed E-state index contributed by atoms with van der Waals surface area (Å²) < 4.78 is 5.65. The fraction of sp³-hybridized carbons (Fsp3) is 0.600. The van der Waals surface area contributed by atoms with Crippen molar-refractivity contribution in [3.8, 4) is 0 Å². The van der Waals surface area contributed by atoms with Gasteiger partial charge in [0.1, 0.15) is 5.82 Å². The van der Waals surface area contributed by atoms with E-state index in [0.717, 1.165) is 18.9 Å². The summed E-state index contributed by atoms with van der Waals surface area (Å²) in [5.41, 5.74) is 5.49. The van der Waals surface area contributed by atoms with Gasteiger partial charge in [0.25, 0.3) is 0 Å². The van der Waals surface area contributed by atoms with Gasteiger partial charge in [-0.25, -0.2) is 0 Å². The number of aromatic nitrogens is 2. The summed E-state index contributed by atoms with van der Waals surface area (Å²) in [5, 5.41) is 7.92. The molecule has 2 heterocycles. The molecule has 0 spiro atoms. The highest BCUT2D eigenvalue weighted by atomic mass is 16.5. The van der Waals surface area contributed by atoms with Gasteiger partial charge in [-0.15, -0.1) is 10.2 Å². The van der Waals surface area contributed by atoms with Gasteiger partial charge in [-0.1, -0.05) is 0 Å². The van der Waals surface area contributed by atoms with E-state index in [2.05, 4.69) is 28.9 Å². The van der Waals surface area contributed by atoms with Crippen molar-refractivity contribution in [2.45, 2.75) is 26.1 Å². The fourth-order valence-corrected chi connectivity index (χ4v) is 1.87. The first kappa shape index (κ1) is 10.2.